The van der Waals surface area contributed by atoms with Crippen LogP contribution in [0.2, 0.25) is 0 Å². The molecule has 4 nitrogen and oxygen atoms in total. The predicted molar refractivity (Wildman–Crippen MR) is 84.3 cm³/mol. The zero-order chi connectivity index (χ0) is 17.8. The Labute approximate surface area is 141 Å². The topological polar surface area (TPSA) is 56.3 Å². The van der Waals surface area contributed by atoms with E-state index in [0.29, 0.717) is 24.1 Å². The van der Waals surface area contributed by atoms with Crippen LogP contribution >= 0.6 is 10.7 Å². The highest BCUT2D eigenvalue weighted by molar-refractivity contribution is 8.13. The van der Waals surface area contributed by atoms with Crippen molar-refractivity contribution in [1.29, 1.82) is 0 Å². The Kier molecular flexibility index (Phi) is 5.71. The molecule has 130 valence electrons. The molecule has 0 saturated carbocycles. The van der Waals surface area contributed by atoms with Crippen molar-refractivity contribution >= 4 is 19.7 Å². The lowest BCUT2D eigenvalue weighted by atomic mass is 10.1. The largest absolute Gasteiger partial charge is 0.573 e. The molecule has 0 aliphatic heterocycles. The molecule has 2 rings (SSSR count). The van der Waals surface area contributed by atoms with Gasteiger partial charge < -0.3 is 4.74 Å². The Hall–Kier alpha value is -1.80. The summed E-state index contributed by atoms with van der Waals surface area (Å²) in [7, 11) is 1.62. The molecule has 0 bridgehead atoms. The monoisotopic (exact) mass is 379 g/mol. The van der Waals surface area contributed by atoms with Gasteiger partial charge in [0.25, 0.3) is 0 Å². The van der Waals surface area contributed by atoms with E-state index in [1.165, 1.54) is 24.3 Å². The summed E-state index contributed by atoms with van der Waals surface area (Å²) in [4.78, 5) is 4.21. The van der Waals surface area contributed by atoms with E-state index in [1.54, 1.807) is 18.3 Å². The first-order valence-corrected chi connectivity index (χ1v) is 9.34. The molecule has 0 saturated heterocycles. The van der Waals surface area contributed by atoms with Crippen LogP contribution in [0.15, 0.2) is 42.6 Å². The first-order valence-electron chi connectivity index (χ1n) is 6.86. The third-order valence-corrected chi connectivity index (χ3v) is 4.31. The van der Waals surface area contributed by atoms with Gasteiger partial charge in [0.15, 0.2) is 0 Å². The quantitative estimate of drug-likeness (QED) is 0.707. The van der Waals surface area contributed by atoms with Gasteiger partial charge in [-0.2, -0.15) is 0 Å². The van der Waals surface area contributed by atoms with Crippen LogP contribution in [-0.2, 0) is 15.5 Å². The van der Waals surface area contributed by atoms with Crippen LogP contribution in [0.3, 0.4) is 0 Å². The molecular weight excluding hydrogens is 367 g/mol. The number of alkyl halides is 3. The molecule has 0 fully saturated rings. The van der Waals surface area contributed by atoms with Gasteiger partial charge in [0, 0.05) is 28.1 Å². The van der Waals surface area contributed by atoms with Crippen LogP contribution in [0.5, 0.6) is 5.75 Å². The van der Waals surface area contributed by atoms with Crippen LogP contribution in [0, 0.1) is 0 Å². The highest BCUT2D eigenvalue weighted by Gasteiger charge is 2.30. The SMILES string of the molecule is O=S(=O)(Cl)CCCc1ccc(-c2ccc(OC(F)(F)F)cc2)cn1. The number of pyridine rings is 1. The number of benzene rings is 1. The highest BCUT2D eigenvalue weighted by atomic mass is 35.7. The van der Waals surface area contributed by atoms with Gasteiger partial charge in [0.05, 0.1) is 5.75 Å². The Balaban J connectivity index is 2.00. The fraction of sp³-hybridized carbons (Fsp3) is 0.267. The predicted octanol–water partition coefficient (Wildman–Crippen LogP) is 4.15. The van der Waals surface area contributed by atoms with Gasteiger partial charge in [-0.05, 0) is 36.6 Å². The lowest BCUT2D eigenvalue weighted by Gasteiger charge is -2.09. The van der Waals surface area contributed by atoms with Crippen LogP contribution in [0.1, 0.15) is 12.1 Å². The second-order valence-electron chi connectivity index (χ2n) is 4.96. The Morgan fingerprint density at radius 1 is 1.04 bits per heavy atom. The lowest BCUT2D eigenvalue weighted by molar-refractivity contribution is -0.274. The average Bonchev–Trinajstić information content (AvgIpc) is 2.46. The molecule has 0 amide bonds. The van der Waals surface area contributed by atoms with E-state index in [-0.39, 0.29) is 11.5 Å². The van der Waals surface area contributed by atoms with Gasteiger partial charge in [0.2, 0.25) is 9.05 Å². The number of ether oxygens (including phenoxy) is 1. The molecule has 24 heavy (non-hydrogen) atoms. The molecule has 1 aromatic heterocycles. The first-order chi connectivity index (χ1) is 11.1. The van der Waals surface area contributed by atoms with Crippen LogP contribution in [0.25, 0.3) is 11.1 Å². The standard InChI is InChI=1S/C15H13ClF3NO3S/c16-24(21,22)9-1-2-13-6-3-12(10-20-13)11-4-7-14(8-5-11)23-15(17,18)19/h3-8,10H,1-2,9H2. The minimum Gasteiger partial charge on any atom is -0.406 e. The molecule has 0 radical (unpaired) electrons. The summed E-state index contributed by atoms with van der Waals surface area (Å²) < 4.78 is 61.8. The van der Waals surface area contributed by atoms with E-state index in [1.807, 2.05) is 0 Å². The smallest absolute Gasteiger partial charge is 0.406 e. The molecule has 0 atom stereocenters. The fourth-order valence-electron chi connectivity index (χ4n) is 2.02. The minimum atomic E-state index is -4.72. The summed E-state index contributed by atoms with van der Waals surface area (Å²) in [5, 5.41) is 0. The van der Waals surface area contributed by atoms with E-state index < -0.39 is 15.4 Å². The molecule has 0 aliphatic carbocycles. The molecule has 0 spiro atoms. The zero-order valence-corrected chi connectivity index (χ0v) is 13.8. The van der Waals surface area contributed by atoms with Gasteiger partial charge in [-0.25, -0.2) is 8.42 Å². The Morgan fingerprint density at radius 3 is 2.17 bits per heavy atom. The zero-order valence-electron chi connectivity index (χ0n) is 12.3. The van der Waals surface area contributed by atoms with Gasteiger partial charge in [0.1, 0.15) is 5.75 Å². The molecule has 0 unspecified atom stereocenters. The number of nitrogens with zero attached hydrogens (tertiary/aromatic N) is 1. The third-order valence-electron chi connectivity index (χ3n) is 3.07. The van der Waals surface area contributed by atoms with E-state index in [9.17, 15) is 21.6 Å². The minimum absolute atomic E-state index is 0.126. The van der Waals surface area contributed by atoms with Crippen molar-refractivity contribution in [3.05, 3.63) is 48.3 Å². The summed E-state index contributed by atoms with van der Waals surface area (Å²) in [6.45, 7) is 0. The number of hydrogen-bond donors (Lipinski definition) is 0. The second-order valence-corrected chi connectivity index (χ2v) is 7.85. The van der Waals surface area contributed by atoms with Gasteiger partial charge >= 0.3 is 6.36 Å². The average molecular weight is 380 g/mol. The molecule has 2 aromatic rings. The Morgan fingerprint density at radius 2 is 1.67 bits per heavy atom. The van der Waals surface area contributed by atoms with Gasteiger partial charge in [-0.15, -0.1) is 13.2 Å². The summed E-state index contributed by atoms with van der Waals surface area (Å²) in [5.41, 5.74) is 2.12. The van der Waals surface area contributed by atoms with Crippen LogP contribution in [0.4, 0.5) is 13.2 Å². The van der Waals surface area contributed by atoms with Crippen LogP contribution in [-0.4, -0.2) is 25.5 Å². The van der Waals surface area contributed by atoms with Crippen molar-refractivity contribution in [3.63, 3.8) is 0 Å². The third kappa shape index (κ3) is 6.37. The van der Waals surface area contributed by atoms with E-state index >= 15 is 0 Å². The van der Waals surface area contributed by atoms with Crippen molar-refractivity contribution in [2.75, 3.05) is 5.75 Å². The van der Waals surface area contributed by atoms with E-state index in [2.05, 4.69) is 9.72 Å². The van der Waals surface area contributed by atoms with Crippen molar-refractivity contribution in [1.82, 2.24) is 4.98 Å². The number of hydrogen-bond acceptors (Lipinski definition) is 4. The summed E-state index contributed by atoms with van der Waals surface area (Å²) >= 11 is 0. The van der Waals surface area contributed by atoms with Crippen molar-refractivity contribution < 1.29 is 26.3 Å². The summed E-state index contributed by atoms with van der Waals surface area (Å²) in [5.74, 6) is -0.420. The van der Waals surface area contributed by atoms with Gasteiger partial charge in [-0.3, -0.25) is 4.98 Å². The maximum absolute atomic E-state index is 12.1. The molecule has 1 heterocycles. The van der Waals surface area contributed by atoms with Crippen molar-refractivity contribution in [3.8, 4) is 16.9 Å². The van der Waals surface area contributed by atoms with Crippen molar-refractivity contribution in [2.45, 2.75) is 19.2 Å². The molecule has 9 heteroatoms. The maximum atomic E-state index is 12.1. The Bertz CT molecular complexity index is 775. The van der Waals surface area contributed by atoms with E-state index in [0.717, 1.165) is 5.56 Å². The first kappa shape index (κ1) is 18.5. The van der Waals surface area contributed by atoms with E-state index in [4.69, 9.17) is 10.7 Å². The molecule has 0 aliphatic rings. The molecular formula is C15H13ClF3NO3S. The van der Waals surface area contributed by atoms with Crippen molar-refractivity contribution in [2.24, 2.45) is 0 Å². The number of rotatable bonds is 6. The molecule has 1 aromatic carbocycles. The number of aromatic nitrogens is 1. The fourth-order valence-corrected chi connectivity index (χ4v) is 2.83. The summed E-state index contributed by atoms with van der Waals surface area (Å²) in [6, 6.07) is 8.94. The number of halogens is 4. The highest BCUT2D eigenvalue weighted by Crippen LogP contribution is 2.26. The number of aryl methyl sites for hydroxylation is 1. The lowest BCUT2D eigenvalue weighted by Crippen LogP contribution is -2.16. The normalized spacial score (nSPS) is 12.2. The van der Waals surface area contributed by atoms with Gasteiger partial charge in [-0.1, -0.05) is 18.2 Å². The molecule has 0 N–H and O–H groups in total. The summed E-state index contributed by atoms with van der Waals surface area (Å²) in [6.07, 6.45) is -2.32. The maximum Gasteiger partial charge on any atom is 0.573 e. The van der Waals surface area contributed by atoms with Crippen LogP contribution < -0.4 is 4.74 Å². The second kappa shape index (κ2) is 7.40.